The van der Waals surface area contributed by atoms with E-state index in [9.17, 15) is 9.59 Å². The zero-order valence-corrected chi connectivity index (χ0v) is 26.9. The van der Waals surface area contributed by atoms with Gasteiger partial charge in [0.05, 0.1) is 47.0 Å². The molecule has 238 valence electrons. The van der Waals surface area contributed by atoms with Crippen molar-refractivity contribution in [2.75, 3.05) is 11.5 Å². The maximum absolute atomic E-state index is 13.3. The van der Waals surface area contributed by atoms with Crippen LogP contribution in [0.2, 0.25) is 5.02 Å². The SMILES string of the molecule is CCOc1cc(-c2c(C(N)=O)c(CC3CC3)nc3c2cnn3[C@@H](C)c2nnc(C)o2)ccc1N(Cc1ccc(Cl)cn1)C(=O)CC. The number of hydrogen-bond donors (Lipinski definition) is 1. The van der Waals surface area contributed by atoms with E-state index in [0.717, 1.165) is 12.8 Å². The van der Waals surface area contributed by atoms with E-state index in [-0.39, 0.29) is 18.9 Å². The molecule has 0 radical (unpaired) electrons. The summed E-state index contributed by atoms with van der Waals surface area (Å²) in [6.45, 7) is 7.89. The van der Waals surface area contributed by atoms with Crippen molar-refractivity contribution < 1.29 is 18.7 Å². The molecule has 0 bridgehead atoms. The van der Waals surface area contributed by atoms with Crippen LogP contribution in [0.4, 0.5) is 5.69 Å². The van der Waals surface area contributed by atoms with Crippen LogP contribution in [0.5, 0.6) is 5.75 Å². The van der Waals surface area contributed by atoms with Crippen molar-refractivity contribution in [2.45, 2.75) is 66.0 Å². The summed E-state index contributed by atoms with van der Waals surface area (Å²) in [5, 5.41) is 14.0. The number of nitrogens with zero attached hydrogens (tertiary/aromatic N) is 7. The van der Waals surface area contributed by atoms with Gasteiger partial charge in [-0.15, -0.1) is 10.2 Å². The summed E-state index contributed by atoms with van der Waals surface area (Å²) >= 11 is 6.05. The average Bonchev–Trinajstić information content (AvgIpc) is 3.59. The first-order valence-corrected chi connectivity index (χ1v) is 15.7. The zero-order chi connectivity index (χ0) is 32.5. The Labute approximate surface area is 270 Å². The number of fused-ring (bicyclic) bond motifs is 1. The van der Waals surface area contributed by atoms with Gasteiger partial charge in [-0.25, -0.2) is 9.67 Å². The van der Waals surface area contributed by atoms with Gasteiger partial charge in [0, 0.05) is 30.5 Å². The van der Waals surface area contributed by atoms with Crippen molar-refractivity contribution in [1.29, 1.82) is 0 Å². The Morgan fingerprint density at radius 3 is 2.61 bits per heavy atom. The molecule has 1 aliphatic carbocycles. The molecule has 5 aromatic rings. The van der Waals surface area contributed by atoms with Crippen LogP contribution in [0.15, 0.2) is 47.1 Å². The third kappa shape index (κ3) is 6.17. The maximum Gasteiger partial charge on any atom is 0.251 e. The number of hydrogen-bond acceptors (Lipinski definition) is 9. The highest BCUT2D eigenvalue weighted by Gasteiger charge is 2.30. The Bertz CT molecular complexity index is 1920. The number of rotatable bonds is 12. The number of halogens is 1. The van der Waals surface area contributed by atoms with Gasteiger partial charge in [0.2, 0.25) is 17.7 Å². The third-order valence-corrected chi connectivity index (χ3v) is 8.28. The van der Waals surface area contributed by atoms with Gasteiger partial charge < -0.3 is 19.8 Å². The van der Waals surface area contributed by atoms with Crippen LogP contribution in [0.25, 0.3) is 22.2 Å². The molecule has 1 fully saturated rings. The minimum atomic E-state index is -0.577. The quantitative estimate of drug-likeness (QED) is 0.177. The molecule has 46 heavy (non-hydrogen) atoms. The summed E-state index contributed by atoms with van der Waals surface area (Å²) in [6, 6.07) is 8.65. The molecule has 2 amide bonds. The highest BCUT2D eigenvalue weighted by molar-refractivity contribution is 6.30. The molecule has 12 nitrogen and oxygen atoms in total. The minimum absolute atomic E-state index is 0.104. The first kappa shape index (κ1) is 31.2. The van der Waals surface area contributed by atoms with Crippen molar-refractivity contribution in [1.82, 2.24) is 29.9 Å². The number of primary amides is 1. The van der Waals surface area contributed by atoms with Gasteiger partial charge in [-0.3, -0.25) is 14.6 Å². The Morgan fingerprint density at radius 1 is 1.17 bits per heavy atom. The van der Waals surface area contributed by atoms with E-state index in [1.165, 1.54) is 0 Å². The summed E-state index contributed by atoms with van der Waals surface area (Å²) in [7, 11) is 0. The summed E-state index contributed by atoms with van der Waals surface area (Å²) in [6.07, 6.45) is 6.26. The van der Waals surface area contributed by atoms with Crippen molar-refractivity contribution >= 4 is 40.1 Å². The van der Waals surface area contributed by atoms with Crippen molar-refractivity contribution in [3.8, 4) is 16.9 Å². The number of carbonyl (C=O) groups is 2. The highest BCUT2D eigenvalue weighted by atomic mass is 35.5. The summed E-state index contributed by atoms with van der Waals surface area (Å²) in [5.41, 5.74) is 10.2. The molecule has 2 N–H and O–H groups in total. The Hall–Kier alpha value is -4.84. The minimum Gasteiger partial charge on any atom is -0.492 e. The summed E-state index contributed by atoms with van der Waals surface area (Å²) in [4.78, 5) is 37.5. The van der Waals surface area contributed by atoms with Gasteiger partial charge in [0.1, 0.15) is 11.8 Å². The molecule has 13 heteroatoms. The van der Waals surface area contributed by atoms with Crippen LogP contribution in [-0.2, 0) is 17.8 Å². The number of amides is 2. The molecule has 6 rings (SSSR count). The molecule has 1 atom stereocenters. The molecule has 0 unspecified atom stereocenters. The number of aryl methyl sites for hydroxylation is 1. The lowest BCUT2D eigenvalue weighted by Crippen LogP contribution is -2.30. The Balaban J connectivity index is 1.52. The lowest BCUT2D eigenvalue weighted by atomic mass is 9.93. The normalized spacial score (nSPS) is 13.6. The van der Waals surface area contributed by atoms with Crippen molar-refractivity contribution in [3.63, 3.8) is 0 Å². The molecule has 1 aliphatic rings. The predicted octanol–water partition coefficient (Wildman–Crippen LogP) is 5.84. The summed E-state index contributed by atoms with van der Waals surface area (Å²) in [5.74, 6) is 1.07. The first-order chi connectivity index (χ1) is 22.2. The van der Waals surface area contributed by atoms with E-state index in [0.29, 0.717) is 86.3 Å². The number of aromatic nitrogens is 6. The number of anilines is 1. The number of pyridine rings is 2. The number of ether oxygens (including phenoxy) is 1. The lowest BCUT2D eigenvalue weighted by molar-refractivity contribution is -0.118. The highest BCUT2D eigenvalue weighted by Crippen LogP contribution is 2.41. The second kappa shape index (κ2) is 12.9. The van der Waals surface area contributed by atoms with E-state index < -0.39 is 11.9 Å². The molecule has 4 heterocycles. The van der Waals surface area contributed by atoms with Crippen LogP contribution >= 0.6 is 11.6 Å². The molecule has 1 aromatic carbocycles. The van der Waals surface area contributed by atoms with Crippen LogP contribution in [0.3, 0.4) is 0 Å². The smallest absolute Gasteiger partial charge is 0.251 e. The van der Waals surface area contributed by atoms with E-state index >= 15 is 0 Å². The molecule has 0 spiro atoms. The maximum atomic E-state index is 13.3. The fraction of sp³-hybridized carbons (Fsp3) is 0.364. The molecule has 0 saturated heterocycles. The molecule has 0 aliphatic heterocycles. The Kier molecular flexibility index (Phi) is 8.72. The number of carbonyl (C=O) groups excluding carboxylic acids is 2. The van der Waals surface area contributed by atoms with Crippen molar-refractivity contribution in [3.05, 3.63) is 76.5 Å². The van der Waals surface area contributed by atoms with Gasteiger partial charge in [0.25, 0.3) is 5.91 Å². The van der Waals surface area contributed by atoms with E-state index in [1.54, 1.807) is 41.0 Å². The third-order valence-electron chi connectivity index (χ3n) is 8.06. The Morgan fingerprint density at radius 2 is 1.98 bits per heavy atom. The van der Waals surface area contributed by atoms with Gasteiger partial charge in [-0.1, -0.05) is 24.6 Å². The van der Waals surface area contributed by atoms with Crippen LogP contribution in [0.1, 0.15) is 79.6 Å². The number of benzene rings is 1. The molecule has 1 saturated carbocycles. The van der Waals surface area contributed by atoms with E-state index in [4.69, 9.17) is 31.5 Å². The van der Waals surface area contributed by atoms with Crippen molar-refractivity contribution in [2.24, 2.45) is 11.7 Å². The topological polar surface area (TPSA) is 155 Å². The predicted molar refractivity (Wildman–Crippen MR) is 173 cm³/mol. The largest absolute Gasteiger partial charge is 0.492 e. The second-order valence-electron chi connectivity index (χ2n) is 11.4. The van der Waals surface area contributed by atoms with Crippen LogP contribution < -0.4 is 15.4 Å². The lowest BCUT2D eigenvalue weighted by Gasteiger charge is -2.25. The monoisotopic (exact) mass is 642 g/mol. The van der Waals surface area contributed by atoms with E-state index in [2.05, 4.69) is 20.3 Å². The molecule has 4 aromatic heterocycles. The first-order valence-electron chi connectivity index (χ1n) is 15.4. The second-order valence-corrected chi connectivity index (χ2v) is 11.8. The molecular formula is C33H35ClN8O4. The average molecular weight is 643 g/mol. The van der Waals surface area contributed by atoms with Crippen LogP contribution in [-0.4, -0.2) is 48.4 Å². The van der Waals surface area contributed by atoms with Gasteiger partial charge >= 0.3 is 0 Å². The molecular weight excluding hydrogens is 608 g/mol. The standard InChI is InChI=1S/C33H35ClN8O4/c1-5-28(43)41(17-23-11-10-22(34)15-36-23)26-12-9-21(14-27(26)45-6-2)29-24-16-37-42(18(3)33-40-39-19(4)46-33)32(24)38-25(13-20-7-8-20)30(29)31(35)44/h9-12,14-16,18,20H,5-8,13,17H2,1-4H3,(H2,35,44)/t18-/m0/s1. The fourth-order valence-corrected chi connectivity index (χ4v) is 5.72. The zero-order valence-electron chi connectivity index (χ0n) is 26.2. The van der Waals surface area contributed by atoms with Crippen LogP contribution in [0, 0.1) is 12.8 Å². The van der Waals surface area contributed by atoms with E-state index in [1.807, 2.05) is 39.0 Å². The van der Waals surface area contributed by atoms with Gasteiger partial charge in [-0.2, -0.15) is 5.10 Å². The number of nitrogens with two attached hydrogens (primary N) is 1. The fourth-order valence-electron chi connectivity index (χ4n) is 5.61. The summed E-state index contributed by atoms with van der Waals surface area (Å²) < 4.78 is 13.6. The van der Waals surface area contributed by atoms with Gasteiger partial charge in [0.15, 0.2) is 5.65 Å². The van der Waals surface area contributed by atoms with Gasteiger partial charge in [-0.05, 0) is 68.9 Å².